The lowest BCUT2D eigenvalue weighted by molar-refractivity contribution is -0.0466. The highest BCUT2D eigenvalue weighted by atomic mass is 79.9. The topological polar surface area (TPSA) is 47.7 Å². The van der Waals surface area contributed by atoms with Crippen molar-refractivity contribution in [1.29, 1.82) is 0 Å². The summed E-state index contributed by atoms with van der Waals surface area (Å²) in [5.74, 6) is 0.895. The first-order valence-electron chi connectivity index (χ1n) is 7.59. The Hall–Kier alpha value is -0.620. The van der Waals surface area contributed by atoms with Crippen LogP contribution in [0.15, 0.2) is 22.7 Å². The molecular weight excluding hydrogens is 332 g/mol. The van der Waals surface area contributed by atoms with Crippen molar-refractivity contribution in [3.63, 3.8) is 0 Å². The van der Waals surface area contributed by atoms with Crippen LogP contribution in [0.5, 0.6) is 5.75 Å². The number of likely N-dealkylation sites (N-methyl/N-ethyl adjacent to an activating group) is 1. The van der Waals surface area contributed by atoms with Gasteiger partial charge in [0.1, 0.15) is 18.5 Å². The lowest BCUT2D eigenvalue weighted by Gasteiger charge is -2.32. The van der Waals surface area contributed by atoms with Crippen LogP contribution in [0.25, 0.3) is 0 Å². The summed E-state index contributed by atoms with van der Waals surface area (Å²) in [6.07, 6.45) is 0.940. The maximum absolute atomic E-state index is 6.05. The normalized spacial score (nSPS) is 21.2. The number of para-hydroxylation sites is 1. The third-order valence-electron chi connectivity index (χ3n) is 3.67. The van der Waals surface area contributed by atoms with Gasteiger partial charge in [-0.3, -0.25) is 4.90 Å². The first kappa shape index (κ1) is 16.7. The molecule has 1 aromatic rings. The largest absolute Gasteiger partial charge is 0.489 e. The van der Waals surface area contributed by atoms with Crippen LogP contribution in [0.4, 0.5) is 0 Å². The third kappa shape index (κ3) is 4.95. The number of hydrogen-bond donors (Lipinski definition) is 1. The number of ether oxygens (including phenoxy) is 2. The molecule has 2 N–H and O–H groups in total. The lowest BCUT2D eigenvalue weighted by Crippen LogP contribution is -2.44. The van der Waals surface area contributed by atoms with Crippen LogP contribution in [-0.2, 0) is 11.2 Å². The first-order valence-corrected chi connectivity index (χ1v) is 8.39. The van der Waals surface area contributed by atoms with E-state index >= 15 is 0 Å². The summed E-state index contributed by atoms with van der Waals surface area (Å²) in [5.41, 5.74) is 7.06. The molecule has 1 saturated heterocycles. The number of rotatable bonds is 6. The fraction of sp³-hybridized carbons (Fsp3) is 0.625. The van der Waals surface area contributed by atoms with E-state index in [0.29, 0.717) is 6.61 Å². The molecule has 2 rings (SSSR count). The molecule has 1 heterocycles. The fourth-order valence-corrected chi connectivity index (χ4v) is 3.09. The molecule has 2 unspecified atom stereocenters. The van der Waals surface area contributed by atoms with Gasteiger partial charge in [-0.15, -0.1) is 0 Å². The van der Waals surface area contributed by atoms with Gasteiger partial charge >= 0.3 is 0 Å². The van der Waals surface area contributed by atoms with E-state index in [-0.39, 0.29) is 12.1 Å². The highest BCUT2D eigenvalue weighted by molar-refractivity contribution is 9.10. The third-order valence-corrected chi connectivity index (χ3v) is 4.30. The zero-order valence-electron chi connectivity index (χ0n) is 12.8. The highest BCUT2D eigenvalue weighted by Gasteiger charge is 2.21. The molecule has 5 heteroatoms. The van der Waals surface area contributed by atoms with Crippen LogP contribution in [0.3, 0.4) is 0 Å². The van der Waals surface area contributed by atoms with E-state index in [2.05, 4.69) is 33.8 Å². The predicted molar refractivity (Wildman–Crippen MR) is 88.8 cm³/mol. The highest BCUT2D eigenvalue weighted by Crippen LogP contribution is 2.30. The van der Waals surface area contributed by atoms with Crippen molar-refractivity contribution in [3.05, 3.63) is 28.2 Å². The predicted octanol–water partition coefficient (Wildman–Crippen LogP) is 2.44. The van der Waals surface area contributed by atoms with Crippen molar-refractivity contribution in [2.45, 2.75) is 32.4 Å². The standard InChI is InChI=1S/C16H25BrN2O2/c1-3-19-7-8-20-14(10-19)11-21-16-13(9-12(2)18)5-4-6-15(16)17/h4-6,12,14H,3,7-11,18H2,1-2H3. The molecule has 118 valence electrons. The van der Waals surface area contributed by atoms with Gasteiger partial charge in [-0.25, -0.2) is 0 Å². The Labute approximate surface area is 135 Å². The summed E-state index contributed by atoms with van der Waals surface area (Å²) >= 11 is 3.57. The molecule has 0 aliphatic carbocycles. The Morgan fingerprint density at radius 1 is 1.52 bits per heavy atom. The van der Waals surface area contributed by atoms with Gasteiger partial charge in [0.2, 0.25) is 0 Å². The second kappa shape index (κ2) is 8.13. The molecule has 0 saturated carbocycles. The van der Waals surface area contributed by atoms with E-state index in [9.17, 15) is 0 Å². The molecule has 0 radical (unpaired) electrons. The van der Waals surface area contributed by atoms with Crippen molar-refractivity contribution in [2.24, 2.45) is 5.73 Å². The van der Waals surface area contributed by atoms with E-state index in [1.807, 2.05) is 19.1 Å². The molecule has 0 bridgehead atoms. The summed E-state index contributed by atoms with van der Waals surface area (Å²) in [6, 6.07) is 6.21. The van der Waals surface area contributed by atoms with Gasteiger partial charge in [0.05, 0.1) is 11.1 Å². The molecule has 2 atom stereocenters. The number of nitrogens with two attached hydrogens (primary N) is 1. The molecular formula is C16H25BrN2O2. The molecule has 0 spiro atoms. The Morgan fingerprint density at radius 3 is 3.05 bits per heavy atom. The smallest absolute Gasteiger partial charge is 0.136 e. The van der Waals surface area contributed by atoms with Crippen LogP contribution in [0.2, 0.25) is 0 Å². The quantitative estimate of drug-likeness (QED) is 0.850. The number of nitrogens with zero attached hydrogens (tertiary/aromatic N) is 1. The van der Waals surface area contributed by atoms with Gasteiger partial charge in [-0.1, -0.05) is 19.1 Å². The van der Waals surface area contributed by atoms with Crippen LogP contribution in [0.1, 0.15) is 19.4 Å². The number of halogens is 1. The molecule has 1 aliphatic heterocycles. The monoisotopic (exact) mass is 356 g/mol. The second-order valence-electron chi connectivity index (χ2n) is 5.61. The second-order valence-corrected chi connectivity index (χ2v) is 6.46. The molecule has 4 nitrogen and oxygen atoms in total. The minimum absolute atomic E-state index is 0.114. The van der Waals surface area contributed by atoms with Crippen molar-refractivity contribution in [2.75, 3.05) is 32.8 Å². The Balaban J connectivity index is 1.99. The van der Waals surface area contributed by atoms with Crippen molar-refractivity contribution in [1.82, 2.24) is 4.90 Å². The summed E-state index contributed by atoms with van der Waals surface area (Å²) in [6.45, 7) is 8.55. The van der Waals surface area contributed by atoms with Gasteiger partial charge in [0.15, 0.2) is 0 Å². The fourth-order valence-electron chi connectivity index (χ4n) is 2.57. The van der Waals surface area contributed by atoms with Crippen molar-refractivity contribution < 1.29 is 9.47 Å². The number of benzene rings is 1. The van der Waals surface area contributed by atoms with Gasteiger partial charge < -0.3 is 15.2 Å². The maximum Gasteiger partial charge on any atom is 0.136 e. The first-order chi connectivity index (χ1) is 10.1. The van der Waals surface area contributed by atoms with Gasteiger partial charge in [-0.2, -0.15) is 0 Å². The van der Waals surface area contributed by atoms with E-state index in [4.69, 9.17) is 15.2 Å². The molecule has 0 aromatic heterocycles. The van der Waals surface area contributed by atoms with Crippen molar-refractivity contribution >= 4 is 15.9 Å². The summed E-state index contributed by atoms with van der Waals surface area (Å²) in [4.78, 5) is 2.39. The van der Waals surface area contributed by atoms with E-state index in [1.54, 1.807) is 0 Å². The zero-order chi connectivity index (χ0) is 15.2. The Kier molecular flexibility index (Phi) is 6.48. The summed E-state index contributed by atoms with van der Waals surface area (Å²) in [5, 5.41) is 0. The van der Waals surface area contributed by atoms with Crippen LogP contribution in [0, 0.1) is 0 Å². The van der Waals surface area contributed by atoms with Gasteiger partial charge in [0.25, 0.3) is 0 Å². The molecule has 1 aromatic carbocycles. The Bertz CT molecular complexity index is 454. The minimum atomic E-state index is 0.114. The van der Waals surface area contributed by atoms with E-state index < -0.39 is 0 Å². The number of hydrogen-bond acceptors (Lipinski definition) is 4. The average Bonchev–Trinajstić information content (AvgIpc) is 2.46. The number of morpholine rings is 1. The average molecular weight is 357 g/mol. The maximum atomic E-state index is 6.05. The van der Waals surface area contributed by atoms with Crippen LogP contribution in [-0.4, -0.2) is 49.9 Å². The minimum Gasteiger partial charge on any atom is -0.489 e. The van der Waals surface area contributed by atoms with E-state index in [1.165, 1.54) is 0 Å². The molecule has 21 heavy (non-hydrogen) atoms. The SMILES string of the molecule is CCN1CCOC(COc2c(Br)cccc2CC(C)N)C1. The molecule has 1 fully saturated rings. The van der Waals surface area contributed by atoms with Crippen LogP contribution >= 0.6 is 15.9 Å². The van der Waals surface area contributed by atoms with Crippen LogP contribution < -0.4 is 10.5 Å². The molecule has 1 aliphatic rings. The van der Waals surface area contributed by atoms with E-state index in [0.717, 1.165) is 48.4 Å². The lowest BCUT2D eigenvalue weighted by atomic mass is 10.1. The van der Waals surface area contributed by atoms with Gasteiger partial charge in [0, 0.05) is 19.1 Å². The summed E-state index contributed by atoms with van der Waals surface area (Å²) < 4.78 is 12.8. The summed E-state index contributed by atoms with van der Waals surface area (Å²) in [7, 11) is 0. The Morgan fingerprint density at radius 2 is 2.33 bits per heavy atom. The zero-order valence-corrected chi connectivity index (χ0v) is 14.4. The van der Waals surface area contributed by atoms with Gasteiger partial charge in [-0.05, 0) is 47.4 Å². The van der Waals surface area contributed by atoms with Crippen molar-refractivity contribution in [3.8, 4) is 5.75 Å². The molecule has 0 amide bonds.